The van der Waals surface area contributed by atoms with E-state index in [1.54, 1.807) is 12.1 Å². The maximum atomic E-state index is 11.9. The van der Waals surface area contributed by atoms with Crippen molar-refractivity contribution in [2.75, 3.05) is 0 Å². The Kier molecular flexibility index (Phi) is 3.38. The first kappa shape index (κ1) is 12.6. The van der Waals surface area contributed by atoms with Crippen LogP contribution >= 0.6 is 11.6 Å². The molecule has 18 heavy (non-hydrogen) atoms. The third-order valence-electron chi connectivity index (χ3n) is 1.95. The molecule has 0 saturated carbocycles. The molecule has 0 aliphatic rings. The lowest BCUT2D eigenvalue weighted by atomic mass is 10.2. The normalized spacial score (nSPS) is 11.3. The molecule has 0 unspecified atom stereocenters. The van der Waals surface area contributed by atoms with Gasteiger partial charge < -0.3 is 4.74 Å². The summed E-state index contributed by atoms with van der Waals surface area (Å²) in [6.07, 6.45) is -2.26. The third-order valence-corrected chi connectivity index (χ3v) is 2.19. The van der Waals surface area contributed by atoms with E-state index < -0.39 is 6.36 Å². The molecule has 0 fully saturated rings. The minimum atomic E-state index is -4.72. The van der Waals surface area contributed by atoms with Gasteiger partial charge in [-0.3, -0.25) is 9.97 Å². The second-order valence-electron chi connectivity index (χ2n) is 3.29. The number of nitrogens with zero attached hydrogens (tertiary/aromatic N) is 2. The molecular formula is C11H6ClF3N2O. The van der Waals surface area contributed by atoms with Crippen LogP contribution in [0.5, 0.6) is 5.75 Å². The SMILES string of the molecule is FC(F)(F)Oc1ccc(-c2cc(Cl)ccn2)nc1. The molecule has 0 saturated heterocycles. The molecule has 3 nitrogen and oxygen atoms in total. The van der Waals surface area contributed by atoms with Crippen molar-refractivity contribution in [2.24, 2.45) is 0 Å². The van der Waals surface area contributed by atoms with E-state index in [0.29, 0.717) is 16.4 Å². The van der Waals surface area contributed by atoms with E-state index >= 15 is 0 Å². The van der Waals surface area contributed by atoms with Crippen molar-refractivity contribution in [3.8, 4) is 17.1 Å². The van der Waals surface area contributed by atoms with Gasteiger partial charge in [-0.2, -0.15) is 0 Å². The van der Waals surface area contributed by atoms with Crippen molar-refractivity contribution in [1.82, 2.24) is 9.97 Å². The Hall–Kier alpha value is -1.82. The van der Waals surface area contributed by atoms with Crippen LogP contribution in [0.2, 0.25) is 5.02 Å². The molecule has 94 valence electrons. The van der Waals surface area contributed by atoms with Crippen LogP contribution in [0.1, 0.15) is 0 Å². The minimum Gasteiger partial charge on any atom is -0.404 e. The highest BCUT2D eigenvalue weighted by atomic mass is 35.5. The van der Waals surface area contributed by atoms with Crippen molar-refractivity contribution in [3.63, 3.8) is 0 Å². The predicted molar refractivity (Wildman–Crippen MR) is 59.2 cm³/mol. The quantitative estimate of drug-likeness (QED) is 0.837. The summed E-state index contributed by atoms with van der Waals surface area (Å²) in [6.45, 7) is 0. The molecule has 0 aliphatic carbocycles. The largest absolute Gasteiger partial charge is 0.573 e. The van der Waals surface area contributed by atoms with E-state index in [2.05, 4.69) is 14.7 Å². The Bertz CT molecular complexity index is 543. The minimum absolute atomic E-state index is 0.381. The first-order valence-electron chi connectivity index (χ1n) is 4.78. The van der Waals surface area contributed by atoms with Crippen molar-refractivity contribution in [1.29, 1.82) is 0 Å². The molecule has 2 heterocycles. The summed E-state index contributed by atoms with van der Waals surface area (Å²) in [4.78, 5) is 7.83. The molecule has 0 aliphatic heterocycles. The lowest BCUT2D eigenvalue weighted by Gasteiger charge is -2.08. The Labute approximate surface area is 105 Å². The fourth-order valence-corrected chi connectivity index (χ4v) is 1.43. The maximum absolute atomic E-state index is 11.9. The van der Waals surface area contributed by atoms with E-state index in [4.69, 9.17) is 11.6 Å². The number of hydrogen-bond acceptors (Lipinski definition) is 3. The van der Waals surface area contributed by atoms with Gasteiger partial charge in [0.25, 0.3) is 0 Å². The van der Waals surface area contributed by atoms with Crippen LogP contribution in [0, 0.1) is 0 Å². The molecule has 0 spiro atoms. The van der Waals surface area contributed by atoms with Crippen molar-refractivity contribution in [3.05, 3.63) is 41.7 Å². The number of pyridine rings is 2. The lowest BCUT2D eigenvalue weighted by molar-refractivity contribution is -0.274. The van der Waals surface area contributed by atoms with Crippen molar-refractivity contribution >= 4 is 11.6 Å². The van der Waals surface area contributed by atoms with Gasteiger partial charge in [0, 0.05) is 11.2 Å². The average Bonchev–Trinajstić information content (AvgIpc) is 2.28. The Balaban J connectivity index is 2.22. The molecule has 0 N–H and O–H groups in total. The fraction of sp³-hybridized carbons (Fsp3) is 0.0909. The van der Waals surface area contributed by atoms with Gasteiger partial charge in [-0.1, -0.05) is 11.6 Å². The van der Waals surface area contributed by atoms with Crippen LogP contribution in [0.25, 0.3) is 11.4 Å². The van der Waals surface area contributed by atoms with Crippen LogP contribution in [0.15, 0.2) is 36.7 Å². The van der Waals surface area contributed by atoms with Gasteiger partial charge in [-0.05, 0) is 24.3 Å². The summed E-state index contributed by atoms with van der Waals surface area (Å²) in [5.74, 6) is -0.381. The first-order valence-corrected chi connectivity index (χ1v) is 5.15. The van der Waals surface area contributed by atoms with Crippen molar-refractivity contribution in [2.45, 2.75) is 6.36 Å². The van der Waals surface area contributed by atoms with Crippen LogP contribution in [-0.4, -0.2) is 16.3 Å². The molecule has 0 amide bonds. The molecule has 0 atom stereocenters. The topological polar surface area (TPSA) is 35.0 Å². The molecule has 2 rings (SSSR count). The van der Waals surface area contributed by atoms with E-state index in [9.17, 15) is 13.2 Å². The van der Waals surface area contributed by atoms with Gasteiger partial charge in [0.2, 0.25) is 0 Å². The van der Waals surface area contributed by atoms with Crippen LogP contribution < -0.4 is 4.74 Å². The molecule has 0 aromatic carbocycles. The highest BCUT2D eigenvalue weighted by Crippen LogP contribution is 2.24. The van der Waals surface area contributed by atoms with Gasteiger partial charge in [0.15, 0.2) is 0 Å². The summed E-state index contributed by atoms with van der Waals surface area (Å²) in [5, 5.41) is 0.470. The van der Waals surface area contributed by atoms with Crippen LogP contribution in [0.3, 0.4) is 0 Å². The standard InChI is InChI=1S/C11H6ClF3N2O/c12-7-3-4-16-10(5-7)9-2-1-8(6-17-9)18-11(13,14)15/h1-6H. The smallest absolute Gasteiger partial charge is 0.404 e. The lowest BCUT2D eigenvalue weighted by Crippen LogP contribution is -2.17. The highest BCUT2D eigenvalue weighted by Gasteiger charge is 2.31. The summed E-state index contributed by atoms with van der Waals surface area (Å²) >= 11 is 5.77. The Morgan fingerprint density at radius 1 is 1.06 bits per heavy atom. The van der Waals surface area contributed by atoms with Gasteiger partial charge in [-0.15, -0.1) is 13.2 Å². The van der Waals surface area contributed by atoms with Gasteiger partial charge >= 0.3 is 6.36 Å². The van der Waals surface area contributed by atoms with E-state index in [1.165, 1.54) is 18.3 Å². The highest BCUT2D eigenvalue weighted by molar-refractivity contribution is 6.30. The Morgan fingerprint density at radius 2 is 1.83 bits per heavy atom. The Morgan fingerprint density at radius 3 is 2.39 bits per heavy atom. The average molecular weight is 275 g/mol. The monoisotopic (exact) mass is 274 g/mol. The van der Waals surface area contributed by atoms with Crippen LogP contribution in [-0.2, 0) is 0 Å². The molecule has 2 aromatic rings. The molecule has 7 heteroatoms. The molecule has 0 radical (unpaired) electrons. The summed E-state index contributed by atoms with van der Waals surface area (Å²) in [7, 11) is 0. The van der Waals surface area contributed by atoms with E-state index in [0.717, 1.165) is 6.20 Å². The fourth-order valence-electron chi connectivity index (χ4n) is 1.27. The second-order valence-corrected chi connectivity index (χ2v) is 3.72. The first-order chi connectivity index (χ1) is 8.44. The summed E-state index contributed by atoms with van der Waals surface area (Å²) < 4.78 is 39.5. The van der Waals surface area contributed by atoms with Gasteiger partial charge in [0.05, 0.1) is 17.6 Å². The molecule has 2 aromatic heterocycles. The maximum Gasteiger partial charge on any atom is 0.573 e. The van der Waals surface area contributed by atoms with Gasteiger partial charge in [-0.25, -0.2) is 0 Å². The summed E-state index contributed by atoms with van der Waals surface area (Å²) in [6, 6.07) is 5.69. The number of alkyl halides is 3. The summed E-state index contributed by atoms with van der Waals surface area (Å²) in [5.41, 5.74) is 0.882. The second kappa shape index (κ2) is 4.81. The predicted octanol–water partition coefficient (Wildman–Crippen LogP) is 3.70. The zero-order valence-electron chi connectivity index (χ0n) is 8.78. The number of aromatic nitrogens is 2. The number of halogens is 4. The zero-order chi connectivity index (χ0) is 13.2. The van der Waals surface area contributed by atoms with E-state index in [-0.39, 0.29) is 5.75 Å². The number of rotatable bonds is 2. The number of hydrogen-bond donors (Lipinski definition) is 0. The third kappa shape index (κ3) is 3.33. The molecule has 0 bridgehead atoms. The molecular weight excluding hydrogens is 269 g/mol. The number of ether oxygens (including phenoxy) is 1. The van der Waals surface area contributed by atoms with Crippen molar-refractivity contribution < 1.29 is 17.9 Å². The van der Waals surface area contributed by atoms with Gasteiger partial charge in [0.1, 0.15) is 5.75 Å². The van der Waals surface area contributed by atoms with Crippen LogP contribution in [0.4, 0.5) is 13.2 Å². The zero-order valence-corrected chi connectivity index (χ0v) is 9.53. The van der Waals surface area contributed by atoms with E-state index in [1.807, 2.05) is 0 Å².